The first kappa shape index (κ1) is 10.3. The van der Waals surface area contributed by atoms with Crippen LogP contribution in [0.4, 0.5) is 0 Å². The number of rotatable bonds is 5. The molecule has 0 aromatic heterocycles. The van der Waals surface area contributed by atoms with Crippen molar-refractivity contribution in [1.82, 2.24) is 5.32 Å². The Morgan fingerprint density at radius 3 is 2.75 bits per heavy atom. The normalized spacial score (nSPS) is 10.2. The molecule has 0 aliphatic carbocycles. The summed E-state index contributed by atoms with van der Waals surface area (Å²) in [6, 6.07) is 0. The number of allylic oxidation sites excluding steroid dienone is 1. The lowest BCUT2D eigenvalue weighted by molar-refractivity contribution is -0.139. The smallest absolute Gasteiger partial charge is 0.325 e. The maximum atomic E-state index is 10.5. The van der Waals surface area contributed by atoms with Crippen LogP contribution in [0.1, 0.15) is 0 Å². The van der Waals surface area contributed by atoms with Crippen molar-refractivity contribution in [3.63, 3.8) is 0 Å². The number of carbonyl (C=O) groups is 2. The lowest BCUT2D eigenvalue weighted by Gasteiger charge is -1.97. The highest BCUT2D eigenvalue weighted by Gasteiger charge is 1.95. The minimum Gasteiger partial charge on any atom is -0.468 e. The van der Waals surface area contributed by atoms with Gasteiger partial charge in [-0.25, -0.2) is 0 Å². The Kier molecular flexibility index (Phi) is 5.25. The molecule has 0 aromatic carbocycles. The molecule has 66 valence electrons. The average molecular weight is 170 g/mol. The lowest BCUT2D eigenvalue weighted by atomic mass is 10.3. The van der Waals surface area contributed by atoms with Gasteiger partial charge in [0, 0.05) is 18.0 Å². The number of hydrogen-bond acceptors (Lipinski definition) is 5. The number of ether oxygens (including phenoxy) is 1. The lowest BCUT2D eigenvalue weighted by Crippen LogP contribution is -2.19. The summed E-state index contributed by atoms with van der Waals surface area (Å²) >= 11 is 0. The van der Waals surface area contributed by atoms with Crippen molar-refractivity contribution in [2.24, 2.45) is 0 Å². The van der Waals surface area contributed by atoms with Gasteiger partial charge in [0.1, 0.15) is 6.54 Å². The van der Waals surface area contributed by atoms with E-state index in [2.05, 4.69) is 10.1 Å². The number of aldehydes is 1. The van der Waals surface area contributed by atoms with Gasteiger partial charge in [-0.05, 0) is 0 Å². The number of carbonyl (C=O) groups excluding carboxylic acids is 2. The van der Waals surface area contributed by atoms with Gasteiger partial charge in [0.15, 0.2) is 6.29 Å². The van der Waals surface area contributed by atoms with E-state index in [0.717, 1.165) is 6.21 Å². The van der Waals surface area contributed by atoms with Crippen molar-refractivity contribution in [3.05, 3.63) is 11.8 Å². The van der Waals surface area contributed by atoms with E-state index in [1.165, 1.54) is 13.3 Å². The third-order valence-electron chi connectivity index (χ3n) is 1.05. The molecule has 0 aromatic rings. The van der Waals surface area contributed by atoms with Crippen LogP contribution in [0.5, 0.6) is 0 Å². The third kappa shape index (κ3) is 4.21. The Hall–Kier alpha value is -1.65. The molecule has 0 aliphatic rings. The van der Waals surface area contributed by atoms with Crippen molar-refractivity contribution in [3.8, 4) is 0 Å². The molecule has 0 amide bonds. The van der Waals surface area contributed by atoms with Gasteiger partial charge in [0.2, 0.25) is 0 Å². The minimum absolute atomic E-state index is 0.0122. The van der Waals surface area contributed by atoms with Gasteiger partial charge >= 0.3 is 5.97 Å². The Balaban J connectivity index is 3.79. The van der Waals surface area contributed by atoms with Crippen LogP contribution in [-0.2, 0) is 14.3 Å². The quantitative estimate of drug-likeness (QED) is 0.252. The van der Waals surface area contributed by atoms with Crippen LogP contribution in [0.2, 0.25) is 0 Å². The van der Waals surface area contributed by atoms with E-state index in [4.69, 9.17) is 5.41 Å². The molecule has 0 radical (unpaired) electrons. The van der Waals surface area contributed by atoms with E-state index in [1.54, 1.807) is 0 Å². The van der Waals surface area contributed by atoms with E-state index in [0.29, 0.717) is 6.29 Å². The van der Waals surface area contributed by atoms with Crippen LogP contribution >= 0.6 is 0 Å². The number of nitrogens with one attached hydrogen (secondary N) is 2. The fourth-order valence-corrected chi connectivity index (χ4v) is 0.434. The van der Waals surface area contributed by atoms with Crippen LogP contribution in [0.15, 0.2) is 11.8 Å². The summed E-state index contributed by atoms with van der Waals surface area (Å²) in [5.74, 6) is -0.429. The Morgan fingerprint density at radius 1 is 1.67 bits per heavy atom. The molecular weight excluding hydrogens is 160 g/mol. The second-order valence-electron chi connectivity index (χ2n) is 1.86. The highest BCUT2D eigenvalue weighted by atomic mass is 16.5. The van der Waals surface area contributed by atoms with Gasteiger partial charge in [-0.15, -0.1) is 0 Å². The summed E-state index contributed by atoms with van der Waals surface area (Å²) in [5, 5.41) is 9.23. The molecule has 2 N–H and O–H groups in total. The van der Waals surface area contributed by atoms with Crippen molar-refractivity contribution < 1.29 is 14.3 Å². The van der Waals surface area contributed by atoms with E-state index >= 15 is 0 Å². The van der Waals surface area contributed by atoms with Crippen molar-refractivity contribution in [1.29, 1.82) is 5.41 Å². The Labute approximate surface area is 69.9 Å². The number of esters is 1. The summed E-state index contributed by atoms with van der Waals surface area (Å²) in [4.78, 5) is 20.6. The Morgan fingerprint density at radius 2 is 2.33 bits per heavy atom. The monoisotopic (exact) mass is 170 g/mol. The molecule has 0 saturated carbocycles. The van der Waals surface area contributed by atoms with Crippen molar-refractivity contribution >= 4 is 18.5 Å². The summed E-state index contributed by atoms with van der Waals surface area (Å²) in [5.41, 5.74) is 0.166. The largest absolute Gasteiger partial charge is 0.468 e. The fourth-order valence-electron chi connectivity index (χ4n) is 0.434. The molecule has 0 atom stereocenters. The maximum absolute atomic E-state index is 10.5. The first-order chi connectivity index (χ1) is 5.74. The highest BCUT2D eigenvalue weighted by Crippen LogP contribution is 1.79. The van der Waals surface area contributed by atoms with Crippen LogP contribution in [0, 0.1) is 5.41 Å². The average Bonchev–Trinajstić information content (AvgIpc) is 2.12. The molecule has 5 nitrogen and oxygen atoms in total. The topological polar surface area (TPSA) is 79.2 Å². The standard InChI is InChI=1S/C7H10N2O3/c1-12-7(11)4-9-3-6(2-8)5-10/h2-3,5,8-9H,4H2,1H3/b6-3+,8-2?. The van der Waals surface area contributed by atoms with Gasteiger partial charge < -0.3 is 15.5 Å². The van der Waals surface area contributed by atoms with Crippen LogP contribution in [-0.4, -0.2) is 32.1 Å². The second kappa shape index (κ2) is 6.09. The fraction of sp³-hybridized carbons (Fsp3) is 0.286. The summed E-state index contributed by atoms with van der Waals surface area (Å²) in [6.45, 7) is -0.0122. The van der Waals surface area contributed by atoms with Crippen LogP contribution < -0.4 is 5.32 Å². The molecule has 0 aliphatic heterocycles. The van der Waals surface area contributed by atoms with Gasteiger partial charge in [0.25, 0.3) is 0 Å². The van der Waals surface area contributed by atoms with Gasteiger partial charge in [0.05, 0.1) is 7.11 Å². The zero-order valence-electron chi connectivity index (χ0n) is 6.66. The molecule has 0 bridgehead atoms. The molecule has 0 spiro atoms. The number of methoxy groups -OCH3 is 1. The predicted molar refractivity (Wildman–Crippen MR) is 42.9 cm³/mol. The summed E-state index contributed by atoms with van der Waals surface area (Å²) in [6.07, 6.45) is 2.67. The van der Waals surface area contributed by atoms with E-state index < -0.39 is 5.97 Å². The van der Waals surface area contributed by atoms with E-state index in [1.807, 2.05) is 0 Å². The number of hydrogen-bond donors (Lipinski definition) is 2. The molecule has 5 heteroatoms. The van der Waals surface area contributed by atoms with Crippen LogP contribution in [0.25, 0.3) is 0 Å². The zero-order valence-corrected chi connectivity index (χ0v) is 6.66. The minimum atomic E-state index is -0.429. The molecule has 12 heavy (non-hydrogen) atoms. The molecular formula is C7H10N2O3. The summed E-state index contributed by atoms with van der Waals surface area (Å²) < 4.78 is 4.32. The van der Waals surface area contributed by atoms with Crippen molar-refractivity contribution in [2.45, 2.75) is 0 Å². The van der Waals surface area contributed by atoms with Gasteiger partial charge in [-0.2, -0.15) is 0 Å². The molecule has 0 heterocycles. The Bertz CT molecular complexity index is 201. The molecule has 0 saturated heterocycles. The third-order valence-corrected chi connectivity index (χ3v) is 1.05. The zero-order chi connectivity index (χ0) is 9.40. The SMILES string of the molecule is COC(=O)CN/C=C(\C=N)C=O. The second-order valence-corrected chi connectivity index (χ2v) is 1.86. The highest BCUT2D eigenvalue weighted by molar-refractivity contribution is 6.00. The first-order valence-electron chi connectivity index (χ1n) is 3.20. The van der Waals surface area contributed by atoms with Crippen LogP contribution in [0.3, 0.4) is 0 Å². The molecule has 0 unspecified atom stereocenters. The predicted octanol–water partition coefficient (Wildman–Crippen LogP) is -0.519. The van der Waals surface area contributed by atoms with Gasteiger partial charge in [-0.1, -0.05) is 0 Å². The maximum Gasteiger partial charge on any atom is 0.325 e. The van der Waals surface area contributed by atoms with Gasteiger partial charge in [-0.3, -0.25) is 9.59 Å². The van der Waals surface area contributed by atoms with E-state index in [-0.39, 0.29) is 12.1 Å². The molecule has 0 rings (SSSR count). The van der Waals surface area contributed by atoms with E-state index in [9.17, 15) is 9.59 Å². The summed E-state index contributed by atoms with van der Waals surface area (Å²) in [7, 11) is 1.27. The first-order valence-corrected chi connectivity index (χ1v) is 3.20. The molecule has 0 fully saturated rings. The van der Waals surface area contributed by atoms with Crippen molar-refractivity contribution in [2.75, 3.05) is 13.7 Å².